The summed E-state index contributed by atoms with van der Waals surface area (Å²) >= 11 is 5.95. The van der Waals surface area contributed by atoms with E-state index in [1.54, 1.807) is 13.2 Å². The molecule has 7 heteroatoms. The third-order valence-corrected chi connectivity index (χ3v) is 2.59. The molecule has 0 atom stereocenters. The number of pyridine rings is 1. The van der Waals surface area contributed by atoms with Gasteiger partial charge in [0.05, 0.1) is 39.6 Å². The second-order valence-corrected chi connectivity index (χ2v) is 4.26. The molecule has 0 aromatic carbocycles. The third-order valence-electron chi connectivity index (χ3n) is 2.32. The molecule has 20 heavy (non-hydrogen) atoms. The molecule has 1 aromatic rings. The molecule has 0 bridgehead atoms. The van der Waals surface area contributed by atoms with Crippen LogP contribution in [0.1, 0.15) is 5.56 Å². The lowest BCUT2D eigenvalue weighted by atomic mass is 10.3. The van der Waals surface area contributed by atoms with E-state index in [1.807, 2.05) is 0 Å². The van der Waals surface area contributed by atoms with Crippen LogP contribution in [0.3, 0.4) is 0 Å². The van der Waals surface area contributed by atoms with Crippen LogP contribution in [0.15, 0.2) is 12.3 Å². The molecule has 1 N–H and O–H groups in total. The molecule has 0 radical (unpaired) electrons. The van der Waals surface area contributed by atoms with Gasteiger partial charge >= 0.3 is 0 Å². The maximum Gasteiger partial charge on any atom is 0.232 e. The Morgan fingerprint density at radius 1 is 1.10 bits per heavy atom. The summed E-state index contributed by atoms with van der Waals surface area (Å²) in [5, 5.41) is 9.30. The monoisotopic (exact) mass is 305 g/mol. The Morgan fingerprint density at radius 2 is 1.75 bits per heavy atom. The highest BCUT2D eigenvalue weighted by molar-refractivity contribution is 6.31. The Kier molecular flexibility index (Phi) is 9.27. The van der Waals surface area contributed by atoms with E-state index < -0.39 is 0 Å². The number of rotatable bonds is 11. The smallest absolute Gasteiger partial charge is 0.232 e. The molecule has 0 saturated heterocycles. The summed E-state index contributed by atoms with van der Waals surface area (Å²) in [6.07, 6.45) is 1.52. The Hall–Kier alpha value is -0.920. The standard InChI is InChI=1S/C13H20ClNO5/c1-17-2-3-18-4-5-19-6-7-20-13-12(14)8-11(10-16)9-15-13/h8-9,16H,2-7,10H2,1H3. The van der Waals surface area contributed by atoms with Crippen molar-refractivity contribution in [3.8, 4) is 5.88 Å². The van der Waals surface area contributed by atoms with Crippen molar-refractivity contribution in [3.05, 3.63) is 22.8 Å². The van der Waals surface area contributed by atoms with Gasteiger partial charge in [0.1, 0.15) is 11.6 Å². The van der Waals surface area contributed by atoms with E-state index in [2.05, 4.69) is 4.98 Å². The van der Waals surface area contributed by atoms with E-state index in [0.717, 1.165) is 0 Å². The first-order valence-corrected chi connectivity index (χ1v) is 6.68. The predicted molar refractivity (Wildman–Crippen MR) is 74.2 cm³/mol. The van der Waals surface area contributed by atoms with Crippen LogP contribution >= 0.6 is 11.6 Å². The normalized spacial score (nSPS) is 10.8. The Bertz CT molecular complexity index is 378. The number of methoxy groups -OCH3 is 1. The van der Waals surface area contributed by atoms with Crippen molar-refractivity contribution in [1.29, 1.82) is 0 Å². The first-order valence-electron chi connectivity index (χ1n) is 6.30. The molecule has 0 aliphatic carbocycles. The highest BCUT2D eigenvalue weighted by Gasteiger charge is 2.04. The zero-order chi connectivity index (χ0) is 14.6. The topological polar surface area (TPSA) is 70.0 Å². The third kappa shape index (κ3) is 7.02. The molecule has 0 fully saturated rings. The van der Waals surface area contributed by atoms with Gasteiger partial charge in [0.15, 0.2) is 0 Å². The quantitative estimate of drug-likeness (QED) is 0.621. The molecule has 0 spiro atoms. The Balaban J connectivity index is 2.06. The van der Waals surface area contributed by atoms with Crippen molar-refractivity contribution in [2.75, 3.05) is 46.8 Å². The number of nitrogens with zero attached hydrogens (tertiary/aromatic N) is 1. The molecule has 1 heterocycles. The van der Waals surface area contributed by atoms with E-state index in [-0.39, 0.29) is 6.61 Å². The number of aliphatic hydroxyl groups is 1. The molecule has 0 amide bonds. The van der Waals surface area contributed by atoms with Crippen molar-refractivity contribution < 1.29 is 24.1 Å². The van der Waals surface area contributed by atoms with Crippen LogP contribution in [0.25, 0.3) is 0 Å². The van der Waals surface area contributed by atoms with E-state index in [0.29, 0.717) is 56.1 Å². The maximum absolute atomic E-state index is 8.92. The molecule has 114 valence electrons. The Morgan fingerprint density at radius 3 is 2.35 bits per heavy atom. The fourth-order valence-corrected chi connectivity index (χ4v) is 1.56. The molecular formula is C13H20ClNO5. The van der Waals surface area contributed by atoms with Gasteiger partial charge in [-0.25, -0.2) is 4.98 Å². The van der Waals surface area contributed by atoms with Crippen molar-refractivity contribution in [3.63, 3.8) is 0 Å². The van der Waals surface area contributed by atoms with Crippen LogP contribution in [0.5, 0.6) is 5.88 Å². The molecule has 0 aliphatic rings. The molecule has 1 aromatic heterocycles. The zero-order valence-electron chi connectivity index (χ0n) is 11.5. The van der Waals surface area contributed by atoms with Crippen molar-refractivity contribution in [2.45, 2.75) is 6.61 Å². The molecule has 0 saturated carbocycles. The molecule has 0 unspecified atom stereocenters. The highest BCUT2D eigenvalue weighted by Crippen LogP contribution is 2.22. The van der Waals surface area contributed by atoms with Gasteiger partial charge in [-0.3, -0.25) is 0 Å². The summed E-state index contributed by atoms with van der Waals surface area (Å²) in [4.78, 5) is 4.01. The number of halogens is 1. The molecule has 6 nitrogen and oxygen atoms in total. The Labute approximate surface area is 123 Å². The lowest BCUT2D eigenvalue weighted by molar-refractivity contribution is 0.0176. The van der Waals surface area contributed by atoms with Crippen LogP contribution in [-0.4, -0.2) is 56.8 Å². The number of aromatic nitrogens is 1. The number of hydrogen-bond acceptors (Lipinski definition) is 6. The van der Waals surface area contributed by atoms with Gasteiger partial charge in [0.25, 0.3) is 0 Å². The second-order valence-electron chi connectivity index (χ2n) is 3.85. The summed E-state index contributed by atoms with van der Waals surface area (Å²) in [5.41, 5.74) is 0.645. The number of ether oxygens (including phenoxy) is 4. The minimum Gasteiger partial charge on any atom is -0.474 e. The van der Waals surface area contributed by atoms with Crippen LogP contribution in [-0.2, 0) is 20.8 Å². The lowest BCUT2D eigenvalue weighted by Gasteiger charge is -2.08. The van der Waals surface area contributed by atoms with E-state index in [1.165, 1.54) is 6.20 Å². The fraction of sp³-hybridized carbons (Fsp3) is 0.615. The van der Waals surface area contributed by atoms with Crippen LogP contribution in [0, 0.1) is 0 Å². The number of aliphatic hydroxyl groups excluding tert-OH is 1. The van der Waals surface area contributed by atoms with Gasteiger partial charge in [-0.15, -0.1) is 0 Å². The largest absolute Gasteiger partial charge is 0.474 e. The maximum atomic E-state index is 8.92. The first kappa shape index (κ1) is 17.1. The summed E-state index contributed by atoms with van der Waals surface area (Å²) < 4.78 is 20.8. The first-order chi connectivity index (χ1) is 9.77. The van der Waals surface area contributed by atoms with Gasteiger partial charge in [-0.2, -0.15) is 0 Å². The van der Waals surface area contributed by atoms with Gasteiger partial charge in [0, 0.05) is 13.3 Å². The van der Waals surface area contributed by atoms with E-state index >= 15 is 0 Å². The van der Waals surface area contributed by atoms with E-state index in [4.69, 9.17) is 35.7 Å². The minimum absolute atomic E-state index is 0.0980. The van der Waals surface area contributed by atoms with Crippen molar-refractivity contribution in [2.24, 2.45) is 0 Å². The highest BCUT2D eigenvalue weighted by atomic mass is 35.5. The van der Waals surface area contributed by atoms with Gasteiger partial charge < -0.3 is 24.1 Å². The lowest BCUT2D eigenvalue weighted by Crippen LogP contribution is -2.12. The van der Waals surface area contributed by atoms with Crippen LogP contribution in [0.4, 0.5) is 0 Å². The van der Waals surface area contributed by atoms with E-state index in [9.17, 15) is 0 Å². The summed E-state index contributed by atoms with van der Waals surface area (Å²) in [6.45, 7) is 2.84. The molecule has 1 rings (SSSR count). The number of hydrogen-bond donors (Lipinski definition) is 1. The summed E-state index contributed by atoms with van der Waals surface area (Å²) in [7, 11) is 1.63. The van der Waals surface area contributed by atoms with Gasteiger partial charge in [-0.1, -0.05) is 11.6 Å². The van der Waals surface area contributed by atoms with Gasteiger partial charge in [0.2, 0.25) is 5.88 Å². The van der Waals surface area contributed by atoms with Gasteiger partial charge in [-0.05, 0) is 11.6 Å². The van der Waals surface area contributed by atoms with Crippen molar-refractivity contribution in [1.82, 2.24) is 4.98 Å². The average Bonchev–Trinajstić information content (AvgIpc) is 2.47. The van der Waals surface area contributed by atoms with Crippen LogP contribution < -0.4 is 4.74 Å². The molecular weight excluding hydrogens is 286 g/mol. The average molecular weight is 306 g/mol. The van der Waals surface area contributed by atoms with Crippen LogP contribution in [0.2, 0.25) is 5.02 Å². The summed E-state index contributed by atoms with van der Waals surface area (Å²) in [5.74, 6) is 0.337. The zero-order valence-corrected chi connectivity index (χ0v) is 12.3. The summed E-state index contributed by atoms with van der Waals surface area (Å²) in [6, 6.07) is 1.62. The second kappa shape index (κ2) is 10.8. The molecule has 0 aliphatic heterocycles. The SMILES string of the molecule is COCCOCCOCCOc1ncc(CO)cc1Cl. The van der Waals surface area contributed by atoms with Crippen molar-refractivity contribution >= 4 is 11.6 Å². The predicted octanol–water partition coefficient (Wildman–Crippen LogP) is 1.29. The minimum atomic E-state index is -0.0980. The fourth-order valence-electron chi connectivity index (χ4n) is 1.32.